The van der Waals surface area contributed by atoms with Crippen LogP contribution in [0.5, 0.6) is 11.5 Å². The van der Waals surface area contributed by atoms with Crippen LogP contribution in [-0.4, -0.2) is 60.6 Å². The molecule has 7 heteroatoms. The second-order valence-electron chi connectivity index (χ2n) is 7.68. The fourth-order valence-corrected chi connectivity index (χ4v) is 3.50. The fraction of sp³-hybridized carbons (Fsp3) is 0.600. The molecule has 1 aromatic carbocycles. The lowest BCUT2D eigenvalue weighted by molar-refractivity contribution is -0.134. The molecule has 2 aliphatic rings. The van der Waals surface area contributed by atoms with E-state index in [0.29, 0.717) is 42.5 Å². The van der Waals surface area contributed by atoms with Crippen LogP contribution < -0.4 is 15.2 Å². The van der Waals surface area contributed by atoms with Crippen LogP contribution >= 0.6 is 0 Å². The molecule has 0 aromatic heterocycles. The van der Waals surface area contributed by atoms with Gasteiger partial charge in [-0.1, -0.05) is 13.8 Å². The third-order valence-electron chi connectivity index (χ3n) is 5.45. The fourth-order valence-electron chi connectivity index (χ4n) is 3.50. The topological polar surface area (TPSA) is 85.1 Å². The van der Waals surface area contributed by atoms with Gasteiger partial charge >= 0.3 is 0 Å². The summed E-state index contributed by atoms with van der Waals surface area (Å²) in [6.45, 7) is 5.51. The summed E-state index contributed by atoms with van der Waals surface area (Å²) in [6, 6.07) is 4.80. The molecule has 148 valence electrons. The maximum atomic E-state index is 13.0. The van der Waals surface area contributed by atoms with Crippen LogP contribution in [0.1, 0.15) is 43.5 Å². The molecule has 7 nitrogen and oxygen atoms in total. The molecule has 0 bridgehead atoms. The van der Waals surface area contributed by atoms with E-state index in [1.807, 2.05) is 0 Å². The van der Waals surface area contributed by atoms with Crippen LogP contribution in [-0.2, 0) is 4.79 Å². The molecule has 1 fully saturated rings. The molecule has 2 aliphatic heterocycles. The number of likely N-dealkylation sites (N-methyl/N-ethyl adjacent to an activating group) is 1. The minimum atomic E-state index is -0.414. The van der Waals surface area contributed by atoms with Crippen LogP contribution in [0.2, 0.25) is 0 Å². The Morgan fingerprint density at radius 2 is 2.04 bits per heavy atom. The first-order chi connectivity index (χ1) is 12.9. The van der Waals surface area contributed by atoms with Crippen molar-refractivity contribution < 1.29 is 19.1 Å². The zero-order valence-corrected chi connectivity index (χ0v) is 16.3. The molecule has 2 unspecified atom stereocenters. The zero-order chi connectivity index (χ0) is 19.6. The predicted octanol–water partition coefficient (Wildman–Crippen LogP) is 1.85. The Balaban J connectivity index is 1.65. The highest BCUT2D eigenvalue weighted by Gasteiger charge is 2.36. The number of nitrogens with zero attached hydrogens (tertiary/aromatic N) is 2. The Labute approximate surface area is 160 Å². The molecule has 2 N–H and O–H groups in total. The maximum absolute atomic E-state index is 13.0. The highest BCUT2D eigenvalue weighted by molar-refractivity contribution is 5.98. The zero-order valence-electron chi connectivity index (χ0n) is 16.3. The Bertz CT molecular complexity index is 706. The summed E-state index contributed by atoms with van der Waals surface area (Å²) in [5.74, 6) is 1.43. The first-order valence-corrected chi connectivity index (χ1v) is 9.59. The average molecular weight is 375 g/mol. The molecule has 1 saturated heterocycles. The first kappa shape index (κ1) is 19.5. The van der Waals surface area contributed by atoms with E-state index in [0.717, 1.165) is 12.8 Å². The molecule has 1 aromatic rings. The number of amides is 2. The molecular weight excluding hydrogens is 346 g/mol. The summed E-state index contributed by atoms with van der Waals surface area (Å²) in [6.07, 6.45) is 2.27. The van der Waals surface area contributed by atoms with E-state index in [9.17, 15) is 9.59 Å². The van der Waals surface area contributed by atoms with Gasteiger partial charge in [-0.05, 0) is 43.4 Å². The lowest BCUT2D eigenvalue weighted by Crippen LogP contribution is -2.47. The van der Waals surface area contributed by atoms with Crippen molar-refractivity contribution >= 4 is 11.8 Å². The number of hydrogen-bond donors (Lipinski definition) is 1. The lowest BCUT2D eigenvalue weighted by atomic mass is 10.0. The monoisotopic (exact) mass is 375 g/mol. The van der Waals surface area contributed by atoms with Gasteiger partial charge in [0.05, 0.1) is 0 Å². The number of carbonyl (C=O) groups excluding carboxylic acids is 2. The van der Waals surface area contributed by atoms with Crippen molar-refractivity contribution in [1.29, 1.82) is 0 Å². The SMILES string of the molecule is CC(C)C(N)CCN(C)C(=O)C1CCCN1C(=O)c1ccc2c(c1)OCO2. The van der Waals surface area contributed by atoms with E-state index in [4.69, 9.17) is 15.2 Å². The van der Waals surface area contributed by atoms with Crippen LogP contribution in [0.3, 0.4) is 0 Å². The number of ether oxygens (including phenoxy) is 2. The van der Waals surface area contributed by atoms with Gasteiger partial charge in [-0.3, -0.25) is 9.59 Å². The highest BCUT2D eigenvalue weighted by atomic mass is 16.7. The molecular formula is C20H29N3O4. The number of carbonyl (C=O) groups is 2. The standard InChI is InChI=1S/C20H29N3O4/c1-13(2)15(21)8-10-22(3)20(25)16-5-4-9-23(16)19(24)14-6-7-17-18(11-14)27-12-26-17/h6-7,11,13,15-16H,4-5,8-10,12,21H2,1-3H3. The summed E-state index contributed by atoms with van der Waals surface area (Å²) in [7, 11) is 1.79. The number of fused-ring (bicyclic) bond motifs is 1. The van der Waals surface area contributed by atoms with Crippen molar-refractivity contribution in [2.45, 2.75) is 45.2 Å². The van der Waals surface area contributed by atoms with E-state index in [1.54, 1.807) is 35.0 Å². The van der Waals surface area contributed by atoms with Gasteiger partial charge in [0.15, 0.2) is 11.5 Å². The van der Waals surface area contributed by atoms with E-state index in [-0.39, 0.29) is 24.6 Å². The summed E-state index contributed by atoms with van der Waals surface area (Å²) in [5.41, 5.74) is 6.61. The molecule has 0 saturated carbocycles. The highest BCUT2D eigenvalue weighted by Crippen LogP contribution is 2.33. The Morgan fingerprint density at radius 3 is 2.78 bits per heavy atom. The quantitative estimate of drug-likeness (QED) is 0.820. The summed E-state index contributed by atoms with van der Waals surface area (Å²) in [4.78, 5) is 29.3. The minimum Gasteiger partial charge on any atom is -0.454 e. The summed E-state index contributed by atoms with van der Waals surface area (Å²) < 4.78 is 10.7. The average Bonchev–Trinajstić information content (AvgIpc) is 3.32. The predicted molar refractivity (Wildman–Crippen MR) is 102 cm³/mol. The Hall–Kier alpha value is -2.28. The van der Waals surface area contributed by atoms with Gasteiger partial charge in [0.1, 0.15) is 6.04 Å². The summed E-state index contributed by atoms with van der Waals surface area (Å²) >= 11 is 0. The van der Waals surface area contributed by atoms with Crippen LogP contribution in [0.15, 0.2) is 18.2 Å². The lowest BCUT2D eigenvalue weighted by Gasteiger charge is -2.29. The number of nitrogens with two attached hydrogens (primary N) is 1. The Kier molecular flexibility index (Phi) is 5.89. The van der Waals surface area contributed by atoms with Crippen LogP contribution in [0.4, 0.5) is 0 Å². The van der Waals surface area contributed by atoms with Crippen molar-refractivity contribution in [2.75, 3.05) is 26.9 Å². The van der Waals surface area contributed by atoms with Crippen molar-refractivity contribution in [3.63, 3.8) is 0 Å². The van der Waals surface area contributed by atoms with Crippen molar-refractivity contribution in [2.24, 2.45) is 11.7 Å². The minimum absolute atomic E-state index is 0.0162. The number of benzene rings is 1. The number of rotatable bonds is 6. The molecule has 27 heavy (non-hydrogen) atoms. The smallest absolute Gasteiger partial charge is 0.254 e. The molecule has 2 amide bonds. The van der Waals surface area contributed by atoms with E-state index in [1.165, 1.54) is 0 Å². The van der Waals surface area contributed by atoms with E-state index < -0.39 is 6.04 Å². The van der Waals surface area contributed by atoms with Crippen molar-refractivity contribution in [3.8, 4) is 11.5 Å². The number of hydrogen-bond acceptors (Lipinski definition) is 5. The largest absolute Gasteiger partial charge is 0.454 e. The number of likely N-dealkylation sites (tertiary alicyclic amines) is 1. The third-order valence-corrected chi connectivity index (χ3v) is 5.45. The molecule has 3 rings (SSSR count). The van der Waals surface area contributed by atoms with Gasteiger partial charge in [0, 0.05) is 31.7 Å². The normalized spacial score (nSPS) is 19.4. The molecule has 0 aliphatic carbocycles. The van der Waals surface area contributed by atoms with Crippen LogP contribution in [0, 0.1) is 5.92 Å². The van der Waals surface area contributed by atoms with Gasteiger partial charge in [-0.25, -0.2) is 0 Å². The second-order valence-corrected chi connectivity index (χ2v) is 7.68. The van der Waals surface area contributed by atoms with Crippen molar-refractivity contribution in [3.05, 3.63) is 23.8 Å². The molecule has 0 radical (unpaired) electrons. The van der Waals surface area contributed by atoms with Crippen LogP contribution in [0.25, 0.3) is 0 Å². The Morgan fingerprint density at radius 1 is 1.30 bits per heavy atom. The molecule has 2 atom stereocenters. The van der Waals surface area contributed by atoms with E-state index >= 15 is 0 Å². The van der Waals surface area contributed by atoms with Gasteiger partial charge in [0.25, 0.3) is 5.91 Å². The van der Waals surface area contributed by atoms with Gasteiger partial charge in [0.2, 0.25) is 12.7 Å². The van der Waals surface area contributed by atoms with E-state index in [2.05, 4.69) is 13.8 Å². The van der Waals surface area contributed by atoms with Gasteiger partial charge < -0.3 is 25.0 Å². The molecule has 0 spiro atoms. The second kappa shape index (κ2) is 8.17. The van der Waals surface area contributed by atoms with Gasteiger partial charge in [-0.15, -0.1) is 0 Å². The first-order valence-electron chi connectivity index (χ1n) is 9.59. The summed E-state index contributed by atoms with van der Waals surface area (Å²) in [5, 5.41) is 0. The van der Waals surface area contributed by atoms with Gasteiger partial charge in [-0.2, -0.15) is 0 Å². The van der Waals surface area contributed by atoms with Crippen molar-refractivity contribution in [1.82, 2.24) is 9.80 Å². The third kappa shape index (κ3) is 4.18. The maximum Gasteiger partial charge on any atom is 0.254 e. The molecule has 2 heterocycles.